The normalized spacial score (nSPS) is 15.5. The number of Topliss-reactive ketones (excluding diaryl/α,β-unsaturated/α-hetero) is 1. The number of halogens is 3. The van der Waals surface area contributed by atoms with Crippen LogP contribution in [-0.2, 0) is 17.4 Å². The fourth-order valence-corrected chi connectivity index (χ4v) is 4.37. The van der Waals surface area contributed by atoms with Crippen LogP contribution in [0.5, 0.6) is 5.75 Å². The number of hydrogen-bond donors (Lipinski definition) is 0. The zero-order valence-electron chi connectivity index (χ0n) is 19.8. The summed E-state index contributed by atoms with van der Waals surface area (Å²) in [7, 11) is 1.51. The standard InChI is InChI=1S/C27H25F3N4O2/c1-36-21-13-11-20(12-14-21)22-16-25(33-26(32-22)27(28,29)30)34-15-3-5-23(34)24(35)6-2-4-18-7-9-19(17-31)10-8-18/h7-14,16,23H,2-6,15H2,1H3/t23-/m0/s1. The molecule has 1 saturated heterocycles. The predicted octanol–water partition coefficient (Wildman–Crippen LogP) is 5.60. The highest BCUT2D eigenvalue weighted by Crippen LogP contribution is 2.34. The third-order valence-electron chi connectivity index (χ3n) is 6.24. The number of methoxy groups -OCH3 is 1. The van der Waals surface area contributed by atoms with Gasteiger partial charge in [-0.15, -0.1) is 0 Å². The molecular weight excluding hydrogens is 469 g/mol. The summed E-state index contributed by atoms with van der Waals surface area (Å²) in [6, 6.07) is 16.9. The summed E-state index contributed by atoms with van der Waals surface area (Å²) < 4.78 is 46.1. The summed E-state index contributed by atoms with van der Waals surface area (Å²) in [4.78, 5) is 22.3. The van der Waals surface area contributed by atoms with Crippen LogP contribution in [0.15, 0.2) is 54.6 Å². The SMILES string of the molecule is COc1ccc(-c2cc(N3CCC[C@H]3C(=O)CCCc3ccc(C#N)cc3)nc(C(F)(F)F)n2)cc1. The predicted molar refractivity (Wildman–Crippen MR) is 128 cm³/mol. The van der Waals surface area contributed by atoms with Crippen molar-refractivity contribution < 1.29 is 22.7 Å². The average Bonchev–Trinajstić information content (AvgIpc) is 3.39. The number of aromatic nitrogens is 2. The first-order chi connectivity index (χ1) is 17.3. The molecule has 1 atom stereocenters. The van der Waals surface area contributed by atoms with Crippen molar-refractivity contribution in [3.8, 4) is 23.1 Å². The molecule has 9 heteroatoms. The van der Waals surface area contributed by atoms with E-state index in [0.717, 1.165) is 5.56 Å². The number of nitrogens with zero attached hydrogens (tertiary/aromatic N) is 4. The molecule has 0 N–H and O–H groups in total. The maximum atomic E-state index is 13.7. The molecule has 1 aliphatic rings. The molecule has 0 radical (unpaired) electrons. The molecule has 1 aromatic heterocycles. The quantitative estimate of drug-likeness (QED) is 0.405. The molecule has 1 aliphatic heterocycles. The second kappa shape index (κ2) is 10.8. The molecule has 1 fully saturated rings. The van der Waals surface area contributed by atoms with Gasteiger partial charge in [-0.25, -0.2) is 9.97 Å². The van der Waals surface area contributed by atoms with Crippen molar-refractivity contribution >= 4 is 11.6 Å². The fourth-order valence-electron chi connectivity index (χ4n) is 4.37. The van der Waals surface area contributed by atoms with Gasteiger partial charge in [-0.2, -0.15) is 18.4 Å². The maximum Gasteiger partial charge on any atom is 0.451 e. The van der Waals surface area contributed by atoms with Crippen LogP contribution in [-0.4, -0.2) is 35.4 Å². The van der Waals surface area contributed by atoms with Gasteiger partial charge in [0.1, 0.15) is 11.6 Å². The molecular formula is C27H25F3N4O2. The van der Waals surface area contributed by atoms with E-state index in [1.807, 2.05) is 12.1 Å². The Balaban J connectivity index is 1.52. The lowest BCUT2D eigenvalue weighted by Crippen LogP contribution is -2.37. The number of alkyl halides is 3. The Kier molecular flexibility index (Phi) is 7.53. The summed E-state index contributed by atoms with van der Waals surface area (Å²) in [6.45, 7) is 0.447. The highest BCUT2D eigenvalue weighted by molar-refractivity contribution is 5.87. The van der Waals surface area contributed by atoms with Crippen LogP contribution < -0.4 is 9.64 Å². The van der Waals surface area contributed by atoms with E-state index in [4.69, 9.17) is 10.00 Å². The smallest absolute Gasteiger partial charge is 0.451 e. The van der Waals surface area contributed by atoms with Crippen molar-refractivity contribution in [3.63, 3.8) is 0 Å². The Morgan fingerprint density at radius 3 is 2.50 bits per heavy atom. The molecule has 6 nitrogen and oxygen atoms in total. The molecule has 0 saturated carbocycles. The summed E-state index contributed by atoms with van der Waals surface area (Å²) in [6.07, 6.45) is -1.86. The van der Waals surface area contributed by atoms with Crippen molar-refractivity contribution in [1.29, 1.82) is 5.26 Å². The number of nitriles is 1. The zero-order valence-corrected chi connectivity index (χ0v) is 19.8. The minimum absolute atomic E-state index is 0.0145. The van der Waals surface area contributed by atoms with Crippen LogP contribution in [0.4, 0.5) is 19.0 Å². The molecule has 0 amide bonds. The van der Waals surface area contributed by atoms with Gasteiger partial charge < -0.3 is 9.64 Å². The zero-order chi connectivity index (χ0) is 25.7. The lowest BCUT2D eigenvalue weighted by Gasteiger charge is -2.26. The lowest BCUT2D eigenvalue weighted by atomic mass is 10.0. The first kappa shape index (κ1) is 25.2. The first-order valence-electron chi connectivity index (χ1n) is 11.7. The van der Waals surface area contributed by atoms with Crippen molar-refractivity contribution in [1.82, 2.24) is 9.97 Å². The third kappa shape index (κ3) is 5.82. The summed E-state index contributed by atoms with van der Waals surface area (Å²) in [5, 5.41) is 8.91. The van der Waals surface area contributed by atoms with Gasteiger partial charge in [0.2, 0.25) is 5.82 Å². The average molecular weight is 495 g/mol. The van der Waals surface area contributed by atoms with Gasteiger partial charge in [0.05, 0.1) is 30.5 Å². The van der Waals surface area contributed by atoms with Gasteiger partial charge in [-0.05, 0) is 67.6 Å². The second-order valence-corrected chi connectivity index (χ2v) is 8.64. The van der Waals surface area contributed by atoms with Gasteiger partial charge in [0.15, 0.2) is 5.78 Å². The highest BCUT2D eigenvalue weighted by Gasteiger charge is 2.38. The number of ketones is 1. The van der Waals surface area contributed by atoms with Crippen molar-refractivity contribution in [3.05, 3.63) is 71.5 Å². The molecule has 0 aliphatic carbocycles. The number of anilines is 1. The molecule has 3 aromatic rings. The molecule has 0 bridgehead atoms. The van der Waals surface area contributed by atoms with Crippen LogP contribution in [0, 0.1) is 11.3 Å². The van der Waals surface area contributed by atoms with E-state index >= 15 is 0 Å². The number of rotatable bonds is 8. The lowest BCUT2D eigenvalue weighted by molar-refractivity contribution is -0.144. The van der Waals surface area contributed by atoms with E-state index in [1.165, 1.54) is 13.2 Å². The van der Waals surface area contributed by atoms with Crippen molar-refractivity contribution in [2.24, 2.45) is 0 Å². The second-order valence-electron chi connectivity index (χ2n) is 8.64. The number of carbonyl (C=O) groups excluding carboxylic acids is 1. The molecule has 2 heterocycles. The monoisotopic (exact) mass is 494 g/mol. The van der Waals surface area contributed by atoms with Crippen LogP contribution in [0.3, 0.4) is 0 Å². The molecule has 4 rings (SSSR count). The van der Waals surface area contributed by atoms with Gasteiger partial charge in [-0.3, -0.25) is 4.79 Å². The van der Waals surface area contributed by atoms with Gasteiger partial charge >= 0.3 is 6.18 Å². The third-order valence-corrected chi connectivity index (χ3v) is 6.24. The van der Waals surface area contributed by atoms with Gasteiger partial charge in [0, 0.05) is 24.6 Å². The van der Waals surface area contributed by atoms with Crippen LogP contribution in [0.1, 0.15) is 42.6 Å². The number of hydrogen-bond acceptors (Lipinski definition) is 6. The number of benzene rings is 2. The fraction of sp³-hybridized carbons (Fsp3) is 0.333. The van der Waals surface area contributed by atoms with Crippen molar-refractivity contribution in [2.75, 3.05) is 18.6 Å². The topological polar surface area (TPSA) is 79.1 Å². The van der Waals surface area contributed by atoms with Gasteiger partial charge in [-0.1, -0.05) is 12.1 Å². The Bertz CT molecular complexity index is 1250. The summed E-state index contributed by atoms with van der Waals surface area (Å²) >= 11 is 0. The highest BCUT2D eigenvalue weighted by atomic mass is 19.4. The van der Waals surface area contributed by atoms with Crippen LogP contribution in [0.25, 0.3) is 11.3 Å². The molecule has 186 valence electrons. The van der Waals surface area contributed by atoms with Crippen LogP contribution in [0.2, 0.25) is 0 Å². The number of aryl methyl sites for hydroxylation is 1. The largest absolute Gasteiger partial charge is 0.497 e. The molecule has 0 spiro atoms. The summed E-state index contributed by atoms with van der Waals surface area (Å²) in [5.41, 5.74) is 2.23. The van der Waals surface area contributed by atoms with E-state index in [9.17, 15) is 18.0 Å². The van der Waals surface area contributed by atoms with Crippen LogP contribution >= 0.6 is 0 Å². The number of carbonyl (C=O) groups is 1. The van der Waals surface area contributed by atoms with E-state index in [-0.39, 0.29) is 17.3 Å². The maximum absolute atomic E-state index is 13.7. The Labute approximate surface area is 207 Å². The molecule has 2 aromatic carbocycles. The molecule has 0 unspecified atom stereocenters. The first-order valence-corrected chi connectivity index (χ1v) is 11.7. The van der Waals surface area contributed by atoms with Crippen molar-refractivity contribution in [2.45, 2.75) is 44.3 Å². The van der Waals surface area contributed by atoms with E-state index in [1.54, 1.807) is 41.3 Å². The Hall–Kier alpha value is -3.93. The number of ether oxygens (including phenoxy) is 1. The summed E-state index contributed by atoms with van der Waals surface area (Å²) in [5.74, 6) is -0.564. The molecule has 36 heavy (non-hydrogen) atoms. The van der Waals surface area contributed by atoms with E-state index < -0.39 is 18.0 Å². The van der Waals surface area contributed by atoms with Gasteiger partial charge in [0.25, 0.3) is 0 Å². The Morgan fingerprint density at radius 1 is 1.14 bits per heavy atom. The minimum atomic E-state index is -4.72. The Morgan fingerprint density at radius 2 is 1.86 bits per heavy atom. The van der Waals surface area contributed by atoms with E-state index in [2.05, 4.69) is 16.0 Å². The minimum Gasteiger partial charge on any atom is -0.497 e. The van der Waals surface area contributed by atoms with E-state index in [0.29, 0.717) is 55.5 Å².